The van der Waals surface area contributed by atoms with Crippen LogP contribution in [0.15, 0.2) is 30.3 Å². The van der Waals surface area contributed by atoms with Gasteiger partial charge in [0.1, 0.15) is 0 Å². The lowest BCUT2D eigenvalue weighted by Gasteiger charge is -2.37. The Morgan fingerprint density at radius 3 is 2.52 bits per heavy atom. The molecule has 1 heterocycles. The smallest absolute Gasteiger partial charge is 0.235 e. The van der Waals surface area contributed by atoms with Crippen molar-refractivity contribution in [1.29, 1.82) is 0 Å². The van der Waals surface area contributed by atoms with Crippen molar-refractivity contribution in [1.82, 2.24) is 9.80 Å². The number of amides is 1. The maximum absolute atomic E-state index is 12.5. The van der Waals surface area contributed by atoms with E-state index in [4.69, 9.17) is 0 Å². The maximum Gasteiger partial charge on any atom is 0.235 e. The first-order chi connectivity index (χ1) is 10.1. The lowest BCUT2D eigenvalue weighted by atomic mass is 10.0. The molecule has 0 radical (unpaired) electrons. The van der Waals surface area contributed by atoms with Crippen LogP contribution in [0.2, 0.25) is 0 Å². The molecule has 0 spiro atoms. The second-order valence-electron chi connectivity index (χ2n) is 5.82. The molecule has 116 valence electrons. The first-order valence-corrected chi connectivity index (χ1v) is 8.34. The molecule has 1 aliphatic heterocycles. The number of likely N-dealkylation sites (tertiary alicyclic amines) is 1. The van der Waals surface area contributed by atoms with Gasteiger partial charge in [-0.1, -0.05) is 37.3 Å². The SMILES string of the molecule is CCN1CCC(N(C)C(=O)C(S)Cc2ccccc2)CC1. The summed E-state index contributed by atoms with van der Waals surface area (Å²) in [5.41, 5.74) is 1.17. The first kappa shape index (κ1) is 16.4. The summed E-state index contributed by atoms with van der Waals surface area (Å²) in [5, 5.41) is -0.249. The highest BCUT2D eigenvalue weighted by Crippen LogP contribution is 2.18. The van der Waals surface area contributed by atoms with Crippen LogP contribution in [0.25, 0.3) is 0 Å². The highest BCUT2D eigenvalue weighted by Gasteiger charge is 2.27. The monoisotopic (exact) mass is 306 g/mol. The van der Waals surface area contributed by atoms with Gasteiger partial charge < -0.3 is 9.80 Å². The number of carbonyl (C=O) groups is 1. The summed E-state index contributed by atoms with van der Waals surface area (Å²) < 4.78 is 0. The number of hydrogen-bond donors (Lipinski definition) is 1. The maximum atomic E-state index is 12.5. The quantitative estimate of drug-likeness (QED) is 0.845. The molecule has 0 bridgehead atoms. The van der Waals surface area contributed by atoms with Gasteiger partial charge >= 0.3 is 0 Å². The van der Waals surface area contributed by atoms with Gasteiger partial charge in [-0.2, -0.15) is 12.6 Å². The van der Waals surface area contributed by atoms with Gasteiger partial charge in [0, 0.05) is 26.2 Å². The number of thiol groups is 1. The van der Waals surface area contributed by atoms with Crippen LogP contribution < -0.4 is 0 Å². The number of hydrogen-bond acceptors (Lipinski definition) is 3. The average Bonchev–Trinajstić information content (AvgIpc) is 2.54. The second-order valence-corrected chi connectivity index (χ2v) is 6.44. The fourth-order valence-electron chi connectivity index (χ4n) is 2.96. The van der Waals surface area contributed by atoms with E-state index in [1.165, 1.54) is 5.56 Å². The van der Waals surface area contributed by atoms with Gasteiger partial charge in [-0.25, -0.2) is 0 Å². The Balaban J connectivity index is 1.87. The van der Waals surface area contributed by atoms with Crippen molar-refractivity contribution in [2.45, 2.75) is 37.5 Å². The van der Waals surface area contributed by atoms with Crippen molar-refractivity contribution in [3.8, 4) is 0 Å². The van der Waals surface area contributed by atoms with Crippen molar-refractivity contribution in [3.05, 3.63) is 35.9 Å². The van der Waals surface area contributed by atoms with E-state index in [1.54, 1.807) is 0 Å². The van der Waals surface area contributed by atoms with Gasteiger partial charge in [0.2, 0.25) is 5.91 Å². The van der Waals surface area contributed by atoms with Crippen molar-refractivity contribution in [3.63, 3.8) is 0 Å². The van der Waals surface area contributed by atoms with Crippen LogP contribution in [0.3, 0.4) is 0 Å². The first-order valence-electron chi connectivity index (χ1n) is 7.82. The zero-order valence-corrected chi connectivity index (χ0v) is 13.9. The molecular formula is C17H26N2OS. The molecule has 4 heteroatoms. The third kappa shape index (κ3) is 4.48. The van der Waals surface area contributed by atoms with Crippen LogP contribution in [-0.2, 0) is 11.2 Å². The van der Waals surface area contributed by atoms with Gasteiger partial charge in [-0.15, -0.1) is 0 Å². The molecular weight excluding hydrogens is 280 g/mol. The molecule has 2 rings (SSSR count). The molecule has 1 aromatic rings. The van der Waals surface area contributed by atoms with E-state index in [1.807, 2.05) is 30.1 Å². The lowest BCUT2D eigenvalue weighted by molar-refractivity contribution is -0.132. The summed E-state index contributed by atoms with van der Waals surface area (Å²) in [7, 11) is 1.93. The highest BCUT2D eigenvalue weighted by atomic mass is 32.1. The molecule has 0 aliphatic carbocycles. The van der Waals surface area contributed by atoms with Gasteiger partial charge in [-0.05, 0) is 31.4 Å². The molecule has 0 aromatic heterocycles. The van der Waals surface area contributed by atoms with E-state index in [-0.39, 0.29) is 11.2 Å². The summed E-state index contributed by atoms with van der Waals surface area (Å²) in [6, 6.07) is 10.5. The third-order valence-electron chi connectivity index (χ3n) is 4.46. The van der Waals surface area contributed by atoms with Crippen LogP contribution in [0.5, 0.6) is 0 Å². The van der Waals surface area contributed by atoms with Gasteiger partial charge in [0.25, 0.3) is 0 Å². The van der Waals surface area contributed by atoms with E-state index in [0.717, 1.165) is 32.5 Å². The number of piperidine rings is 1. The van der Waals surface area contributed by atoms with E-state index in [0.29, 0.717) is 12.5 Å². The predicted octanol–water partition coefficient (Wildman–Crippen LogP) is 2.47. The van der Waals surface area contributed by atoms with Gasteiger partial charge in [0.15, 0.2) is 0 Å². The zero-order valence-electron chi connectivity index (χ0n) is 13.0. The van der Waals surface area contributed by atoms with Gasteiger partial charge in [-0.3, -0.25) is 4.79 Å². The molecule has 0 saturated carbocycles. The standard InChI is InChI=1S/C17H26N2OS/c1-3-19-11-9-15(10-12-19)18(2)17(20)16(21)13-14-7-5-4-6-8-14/h4-8,15-16,21H,3,9-13H2,1-2H3. The largest absolute Gasteiger partial charge is 0.342 e. The van der Waals surface area contributed by atoms with E-state index >= 15 is 0 Å². The van der Waals surface area contributed by atoms with E-state index < -0.39 is 0 Å². The normalized spacial score (nSPS) is 18.4. The molecule has 0 N–H and O–H groups in total. The summed E-state index contributed by atoms with van der Waals surface area (Å²) in [6.45, 7) is 5.48. The molecule has 1 atom stereocenters. The van der Waals surface area contributed by atoms with Crippen molar-refractivity contribution < 1.29 is 4.79 Å². The summed E-state index contributed by atoms with van der Waals surface area (Å²) in [5.74, 6) is 0.150. The minimum Gasteiger partial charge on any atom is -0.342 e. The fraction of sp³-hybridized carbons (Fsp3) is 0.588. The minimum atomic E-state index is -0.249. The van der Waals surface area contributed by atoms with Gasteiger partial charge in [0.05, 0.1) is 5.25 Å². The molecule has 21 heavy (non-hydrogen) atoms. The van der Waals surface area contributed by atoms with Crippen molar-refractivity contribution >= 4 is 18.5 Å². The predicted molar refractivity (Wildman–Crippen MR) is 90.8 cm³/mol. The van der Waals surface area contributed by atoms with E-state index in [9.17, 15) is 4.79 Å². The number of carbonyl (C=O) groups excluding carboxylic acids is 1. The number of benzene rings is 1. The van der Waals surface area contributed by atoms with Crippen molar-refractivity contribution in [2.24, 2.45) is 0 Å². The molecule has 1 aliphatic rings. The fourth-order valence-corrected chi connectivity index (χ4v) is 3.36. The molecule has 1 amide bonds. The lowest BCUT2D eigenvalue weighted by Crippen LogP contribution is -2.47. The summed E-state index contributed by atoms with van der Waals surface area (Å²) in [4.78, 5) is 16.9. The third-order valence-corrected chi connectivity index (χ3v) is 4.86. The Morgan fingerprint density at radius 2 is 1.95 bits per heavy atom. The van der Waals surface area contributed by atoms with Crippen LogP contribution >= 0.6 is 12.6 Å². The van der Waals surface area contributed by atoms with Crippen LogP contribution in [0.1, 0.15) is 25.3 Å². The number of nitrogens with zero attached hydrogens (tertiary/aromatic N) is 2. The number of rotatable bonds is 5. The summed E-state index contributed by atoms with van der Waals surface area (Å²) >= 11 is 4.53. The Morgan fingerprint density at radius 1 is 1.33 bits per heavy atom. The molecule has 1 unspecified atom stereocenters. The minimum absolute atomic E-state index is 0.150. The van der Waals surface area contributed by atoms with E-state index in [2.05, 4.69) is 36.6 Å². The second kappa shape index (κ2) is 7.85. The van der Waals surface area contributed by atoms with Crippen LogP contribution in [0, 0.1) is 0 Å². The molecule has 1 saturated heterocycles. The Labute approximate surface area is 133 Å². The Kier molecular flexibility index (Phi) is 6.12. The Bertz CT molecular complexity index is 443. The molecule has 1 fully saturated rings. The molecule has 3 nitrogen and oxygen atoms in total. The Hall–Kier alpha value is -1.00. The van der Waals surface area contributed by atoms with Crippen molar-refractivity contribution in [2.75, 3.05) is 26.7 Å². The highest BCUT2D eigenvalue weighted by molar-refractivity contribution is 7.81. The topological polar surface area (TPSA) is 23.6 Å². The van der Waals surface area contributed by atoms with Crippen LogP contribution in [-0.4, -0.2) is 53.7 Å². The zero-order chi connectivity index (χ0) is 15.2. The average molecular weight is 306 g/mol. The summed E-state index contributed by atoms with van der Waals surface area (Å²) in [6.07, 6.45) is 2.84. The molecule has 1 aromatic carbocycles. The van der Waals surface area contributed by atoms with Crippen LogP contribution in [0.4, 0.5) is 0 Å².